The highest BCUT2D eigenvalue weighted by Crippen LogP contribution is 2.21. The van der Waals surface area contributed by atoms with E-state index in [1.165, 1.54) is 6.33 Å². The first kappa shape index (κ1) is 13.8. The van der Waals surface area contributed by atoms with Gasteiger partial charge in [-0.1, -0.05) is 13.3 Å². The summed E-state index contributed by atoms with van der Waals surface area (Å²) in [6.45, 7) is 3.55. The van der Waals surface area contributed by atoms with Crippen LogP contribution in [0.25, 0.3) is 0 Å². The Labute approximate surface area is 123 Å². The van der Waals surface area contributed by atoms with Gasteiger partial charge in [0.1, 0.15) is 18.3 Å². The molecule has 1 fully saturated rings. The molecule has 0 saturated carbocycles. The van der Waals surface area contributed by atoms with Gasteiger partial charge in [0.05, 0.1) is 6.04 Å². The van der Waals surface area contributed by atoms with E-state index in [-0.39, 0.29) is 11.9 Å². The van der Waals surface area contributed by atoms with E-state index in [1.807, 2.05) is 15.6 Å². The van der Waals surface area contributed by atoms with Gasteiger partial charge in [-0.05, 0) is 25.3 Å². The molecule has 2 aromatic rings. The molecule has 1 N–H and O–H groups in total. The van der Waals surface area contributed by atoms with Crippen LogP contribution in [-0.4, -0.2) is 48.9 Å². The summed E-state index contributed by atoms with van der Waals surface area (Å²) >= 11 is 0. The van der Waals surface area contributed by atoms with E-state index in [4.69, 9.17) is 0 Å². The Bertz CT molecular complexity index is 590. The molecule has 21 heavy (non-hydrogen) atoms. The second-order valence-electron chi connectivity index (χ2n) is 5.45. The molecule has 0 bridgehead atoms. The maximum absolute atomic E-state index is 12.5. The third-order valence-corrected chi connectivity index (χ3v) is 3.86. The number of carbonyl (C=O) groups is 1. The molecule has 112 valence electrons. The SMILES string of the molecule is CCCc1cc(C(=O)N2CCC[C@H](n3cncn3)C2)n[nH]1. The second-order valence-corrected chi connectivity index (χ2v) is 5.45. The van der Waals surface area contributed by atoms with E-state index >= 15 is 0 Å². The molecular weight excluding hydrogens is 268 g/mol. The van der Waals surface area contributed by atoms with Crippen molar-refractivity contribution in [3.63, 3.8) is 0 Å². The Hall–Kier alpha value is -2.18. The highest BCUT2D eigenvalue weighted by molar-refractivity contribution is 5.92. The number of nitrogens with one attached hydrogen (secondary N) is 1. The maximum Gasteiger partial charge on any atom is 0.274 e. The Kier molecular flexibility index (Phi) is 3.98. The summed E-state index contributed by atoms with van der Waals surface area (Å²) in [5.74, 6) is -0.00146. The van der Waals surface area contributed by atoms with Crippen molar-refractivity contribution in [1.29, 1.82) is 0 Å². The van der Waals surface area contributed by atoms with Gasteiger partial charge < -0.3 is 4.90 Å². The lowest BCUT2D eigenvalue weighted by molar-refractivity contribution is 0.0666. The number of nitrogens with zero attached hydrogens (tertiary/aromatic N) is 5. The fourth-order valence-corrected chi connectivity index (χ4v) is 2.79. The first-order chi connectivity index (χ1) is 10.3. The van der Waals surface area contributed by atoms with Gasteiger partial charge in [0.2, 0.25) is 0 Å². The lowest BCUT2D eigenvalue weighted by atomic mass is 10.1. The topological polar surface area (TPSA) is 79.7 Å². The average molecular weight is 288 g/mol. The van der Waals surface area contributed by atoms with Gasteiger partial charge in [0.15, 0.2) is 0 Å². The van der Waals surface area contributed by atoms with E-state index < -0.39 is 0 Å². The summed E-state index contributed by atoms with van der Waals surface area (Å²) in [4.78, 5) is 18.4. The Morgan fingerprint density at radius 2 is 2.43 bits per heavy atom. The molecule has 0 unspecified atom stereocenters. The highest BCUT2D eigenvalue weighted by atomic mass is 16.2. The van der Waals surface area contributed by atoms with Gasteiger partial charge in [-0.2, -0.15) is 10.2 Å². The average Bonchev–Trinajstić information content (AvgIpc) is 3.18. The largest absolute Gasteiger partial charge is 0.335 e. The number of piperidine rings is 1. The number of hydrogen-bond donors (Lipinski definition) is 1. The lowest BCUT2D eigenvalue weighted by Crippen LogP contribution is -2.41. The van der Waals surface area contributed by atoms with Crippen LogP contribution in [0, 0.1) is 0 Å². The monoisotopic (exact) mass is 288 g/mol. The van der Waals surface area contributed by atoms with E-state index in [1.54, 1.807) is 6.33 Å². The smallest absolute Gasteiger partial charge is 0.274 e. The Morgan fingerprint density at radius 3 is 3.19 bits per heavy atom. The minimum Gasteiger partial charge on any atom is -0.335 e. The summed E-state index contributed by atoms with van der Waals surface area (Å²) < 4.78 is 1.84. The van der Waals surface area contributed by atoms with Crippen LogP contribution in [0.1, 0.15) is 48.4 Å². The minimum absolute atomic E-state index is 0.00146. The summed E-state index contributed by atoms with van der Waals surface area (Å²) in [5, 5.41) is 11.3. The van der Waals surface area contributed by atoms with Gasteiger partial charge in [-0.25, -0.2) is 9.67 Å². The summed E-state index contributed by atoms with van der Waals surface area (Å²) in [7, 11) is 0. The number of amides is 1. The van der Waals surface area contributed by atoms with Crippen LogP contribution in [-0.2, 0) is 6.42 Å². The van der Waals surface area contributed by atoms with Gasteiger partial charge in [-0.15, -0.1) is 0 Å². The zero-order chi connectivity index (χ0) is 14.7. The fourth-order valence-electron chi connectivity index (χ4n) is 2.79. The third kappa shape index (κ3) is 2.96. The molecule has 0 radical (unpaired) electrons. The van der Waals surface area contributed by atoms with Gasteiger partial charge >= 0.3 is 0 Å². The predicted octanol–water partition coefficient (Wildman–Crippen LogP) is 1.43. The van der Waals surface area contributed by atoms with Crippen LogP contribution in [0.5, 0.6) is 0 Å². The molecule has 0 spiro atoms. The number of aromatic nitrogens is 5. The number of aromatic amines is 1. The molecule has 1 amide bonds. The number of carbonyl (C=O) groups excluding carboxylic acids is 1. The first-order valence-electron chi connectivity index (χ1n) is 7.45. The lowest BCUT2D eigenvalue weighted by Gasteiger charge is -2.32. The van der Waals surface area contributed by atoms with Crippen molar-refractivity contribution in [3.05, 3.63) is 30.1 Å². The molecule has 1 aliphatic rings. The molecule has 0 aromatic carbocycles. The summed E-state index contributed by atoms with van der Waals surface area (Å²) in [6.07, 6.45) is 7.20. The zero-order valence-corrected chi connectivity index (χ0v) is 12.2. The third-order valence-electron chi connectivity index (χ3n) is 3.86. The molecule has 3 heterocycles. The quantitative estimate of drug-likeness (QED) is 0.923. The minimum atomic E-state index is -0.00146. The van der Waals surface area contributed by atoms with Crippen molar-refractivity contribution >= 4 is 5.91 Å². The van der Waals surface area contributed by atoms with E-state index in [2.05, 4.69) is 27.2 Å². The molecule has 1 atom stereocenters. The molecule has 7 heteroatoms. The first-order valence-corrected chi connectivity index (χ1v) is 7.45. The van der Waals surface area contributed by atoms with Gasteiger partial charge in [0.25, 0.3) is 5.91 Å². The van der Waals surface area contributed by atoms with Crippen molar-refractivity contribution in [2.75, 3.05) is 13.1 Å². The van der Waals surface area contributed by atoms with Crippen LogP contribution in [0.3, 0.4) is 0 Å². The second kappa shape index (κ2) is 6.07. The van der Waals surface area contributed by atoms with Crippen LogP contribution in [0.4, 0.5) is 0 Å². The molecule has 1 aliphatic heterocycles. The number of hydrogen-bond acceptors (Lipinski definition) is 4. The van der Waals surface area contributed by atoms with Crippen molar-refractivity contribution < 1.29 is 4.79 Å². The van der Waals surface area contributed by atoms with Gasteiger partial charge in [-0.3, -0.25) is 9.89 Å². The van der Waals surface area contributed by atoms with Crippen molar-refractivity contribution in [2.45, 2.75) is 38.6 Å². The molecular formula is C14H20N6O. The van der Waals surface area contributed by atoms with Crippen LogP contribution in [0.2, 0.25) is 0 Å². The van der Waals surface area contributed by atoms with E-state index in [0.29, 0.717) is 12.2 Å². The normalized spacial score (nSPS) is 18.9. The van der Waals surface area contributed by atoms with Crippen LogP contribution >= 0.6 is 0 Å². The van der Waals surface area contributed by atoms with Crippen LogP contribution in [0.15, 0.2) is 18.7 Å². The van der Waals surface area contributed by atoms with E-state index in [9.17, 15) is 4.79 Å². The number of H-pyrrole nitrogens is 1. The Balaban J connectivity index is 1.68. The van der Waals surface area contributed by atoms with Gasteiger partial charge in [0, 0.05) is 18.8 Å². The zero-order valence-electron chi connectivity index (χ0n) is 12.2. The van der Waals surface area contributed by atoms with Crippen LogP contribution < -0.4 is 0 Å². The van der Waals surface area contributed by atoms with E-state index in [0.717, 1.165) is 37.9 Å². The van der Waals surface area contributed by atoms with Crippen molar-refractivity contribution in [3.8, 4) is 0 Å². The Morgan fingerprint density at radius 1 is 1.52 bits per heavy atom. The standard InChI is InChI=1S/C14H20N6O/c1-2-4-11-7-13(18-17-11)14(21)19-6-3-5-12(8-19)20-10-15-9-16-20/h7,9-10,12H,2-6,8H2,1H3,(H,17,18)/t12-/m0/s1. The predicted molar refractivity (Wildman–Crippen MR) is 76.8 cm³/mol. The van der Waals surface area contributed by atoms with Crippen molar-refractivity contribution in [1.82, 2.24) is 29.9 Å². The highest BCUT2D eigenvalue weighted by Gasteiger charge is 2.27. The molecule has 1 saturated heterocycles. The van der Waals surface area contributed by atoms with Crippen molar-refractivity contribution in [2.24, 2.45) is 0 Å². The number of likely N-dealkylation sites (tertiary alicyclic amines) is 1. The summed E-state index contributed by atoms with van der Waals surface area (Å²) in [6, 6.07) is 2.07. The fraction of sp³-hybridized carbons (Fsp3) is 0.571. The number of rotatable bonds is 4. The number of aryl methyl sites for hydroxylation is 1. The molecule has 3 rings (SSSR count). The molecule has 7 nitrogen and oxygen atoms in total. The molecule has 0 aliphatic carbocycles. The molecule has 2 aromatic heterocycles. The summed E-state index contributed by atoms with van der Waals surface area (Å²) in [5.41, 5.74) is 1.53. The maximum atomic E-state index is 12.5.